The summed E-state index contributed by atoms with van der Waals surface area (Å²) in [6.45, 7) is 3.75. The summed E-state index contributed by atoms with van der Waals surface area (Å²) in [6.07, 6.45) is -0.0197. The largest absolute Gasteiger partial charge is 0.349 e. The molecule has 0 saturated carbocycles. The Hall–Kier alpha value is -3.81. The Morgan fingerprint density at radius 3 is 2.33 bits per heavy atom. The first-order valence-corrected chi connectivity index (χ1v) is 9.57. The fraction of sp³-hybridized carbons (Fsp3) is 0.227. The molecule has 8 nitrogen and oxygen atoms in total. The molecule has 2 heterocycles. The zero-order valence-electron chi connectivity index (χ0n) is 16.6. The van der Waals surface area contributed by atoms with Gasteiger partial charge < -0.3 is 9.84 Å². The summed E-state index contributed by atoms with van der Waals surface area (Å²) < 4.78 is 5.24. The van der Waals surface area contributed by atoms with Crippen molar-refractivity contribution in [2.45, 2.75) is 32.9 Å². The molecule has 3 aromatic rings. The van der Waals surface area contributed by atoms with Crippen molar-refractivity contribution in [2.24, 2.45) is 0 Å². The van der Waals surface area contributed by atoms with E-state index < -0.39 is 6.04 Å². The van der Waals surface area contributed by atoms with E-state index >= 15 is 0 Å². The highest BCUT2D eigenvalue weighted by atomic mass is 16.5. The summed E-state index contributed by atoms with van der Waals surface area (Å²) in [5.41, 5.74) is 2.65. The smallest absolute Gasteiger partial charge is 0.261 e. The van der Waals surface area contributed by atoms with Gasteiger partial charge in [-0.2, -0.15) is 4.98 Å². The topological polar surface area (TPSA) is 105 Å². The molecule has 30 heavy (non-hydrogen) atoms. The van der Waals surface area contributed by atoms with Gasteiger partial charge in [-0.25, -0.2) is 0 Å². The van der Waals surface area contributed by atoms with Gasteiger partial charge in [-0.05, 0) is 38.1 Å². The highest BCUT2D eigenvalue weighted by Gasteiger charge is 2.38. The van der Waals surface area contributed by atoms with Crippen LogP contribution in [0.4, 0.5) is 0 Å². The third kappa shape index (κ3) is 3.71. The van der Waals surface area contributed by atoms with Crippen molar-refractivity contribution < 1.29 is 18.9 Å². The third-order valence-corrected chi connectivity index (χ3v) is 4.96. The predicted molar refractivity (Wildman–Crippen MR) is 107 cm³/mol. The fourth-order valence-corrected chi connectivity index (χ4v) is 3.36. The highest BCUT2D eigenvalue weighted by Crippen LogP contribution is 2.25. The van der Waals surface area contributed by atoms with E-state index in [2.05, 4.69) is 15.5 Å². The second-order valence-corrected chi connectivity index (χ2v) is 7.24. The zero-order chi connectivity index (χ0) is 21.3. The van der Waals surface area contributed by atoms with Gasteiger partial charge in [0.15, 0.2) is 5.82 Å². The number of aryl methyl sites for hydroxylation is 1. The number of amides is 3. The molecule has 0 unspecified atom stereocenters. The lowest BCUT2D eigenvalue weighted by molar-refractivity contribution is -0.122. The molecule has 1 aromatic heterocycles. The number of carbonyl (C=O) groups excluding carboxylic acids is 3. The fourth-order valence-electron chi connectivity index (χ4n) is 3.36. The lowest BCUT2D eigenvalue weighted by Gasteiger charge is -2.21. The van der Waals surface area contributed by atoms with E-state index in [0.29, 0.717) is 22.8 Å². The Bertz CT molecular complexity index is 1090. The number of nitrogens with one attached hydrogen (secondary N) is 1. The van der Waals surface area contributed by atoms with Crippen LogP contribution >= 0.6 is 0 Å². The average molecular weight is 404 g/mol. The summed E-state index contributed by atoms with van der Waals surface area (Å²) in [5, 5.41) is 6.58. The number of benzene rings is 2. The monoisotopic (exact) mass is 404 g/mol. The molecule has 0 saturated heterocycles. The minimum absolute atomic E-state index is 0.0197. The van der Waals surface area contributed by atoms with Crippen LogP contribution in [0, 0.1) is 6.92 Å². The van der Waals surface area contributed by atoms with Crippen LogP contribution in [0.2, 0.25) is 0 Å². The maximum atomic E-state index is 12.5. The predicted octanol–water partition coefficient (Wildman–Crippen LogP) is 2.74. The number of hydrogen-bond donors (Lipinski definition) is 1. The number of imide groups is 1. The van der Waals surface area contributed by atoms with E-state index in [0.717, 1.165) is 16.0 Å². The van der Waals surface area contributed by atoms with Gasteiger partial charge in [0.05, 0.1) is 17.7 Å². The van der Waals surface area contributed by atoms with E-state index in [1.54, 1.807) is 31.2 Å². The van der Waals surface area contributed by atoms with Crippen LogP contribution in [0.15, 0.2) is 53.1 Å². The molecule has 0 spiro atoms. The first-order chi connectivity index (χ1) is 14.4. The van der Waals surface area contributed by atoms with E-state index in [1.807, 2.05) is 31.2 Å². The minimum Gasteiger partial charge on any atom is -0.349 e. The Morgan fingerprint density at radius 2 is 1.70 bits per heavy atom. The van der Waals surface area contributed by atoms with Gasteiger partial charge in [0, 0.05) is 18.0 Å². The van der Waals surface area contributed by atoms with Crippen LogP contribution in [0.3, 0.4) is 0 Å². The van der Waals surface area contributed by atoms with Crippen LogP contribution in [-0.4, -0.2) is 38.8 Å². The van der Waals surface area contributed by atoms with E-state index in [-0.39, 0.29) is 30.7 Å². The Balaban J connectivity index is 1.34. The molecule has 0 aliphatic carbocycles. The van der Waals surface area contributed by atoms with Gasteiger partial charge in [-0.3, -0.25) is 19.3 Å². The Labute approximate surface area is 172 Å². The van der Waals surface area contributed by atoms with Gasteiger partial charge in [-0.1, -0.05) is 35.0 Å². The highest BCUT2D eigenvalue weighted by molar-refractivity contribution is 6.21. The summed E-state index contributed by atoms with van der Waals surface area (Å²) in [4.78, 5) is 42.8. The molecular weight excluding hydrogens is 384 g/mol. The molecule has 8 heteroatoms. The SMILES string of the molecule is Cc1ccc(-c2nc(CNC(=O)C[C@H](C)N3C(=O)c4ccccc4C3=O)no2)cc1. The molecule has 1 atom stereocenters. The summed E-state index contributed by atoms with van der Waals surface area (Å²) in [5.74, 6) is -0.361. The van der Waals surface area contributed by atoms with Crippen LogP contribution in [0.5, 0.6) is 0 Å². The van der Waals surface area contributed by atoms with Crippen LogP contribution < -0.4 is 5.32 Å². The lowest BCUT2D eigenvalue weighted by atomic mass is 10.1. The number of nitrogens with zero attached hydrogens (tertiary/aromatic N) is 3. The molecule has 4 rings (SSSR count). The van der Waals surface area contributed by atoms with E-state index in [9.17, 15) is 14.4 Å². The molecule has 2 aromatic carbocycles. The van der Waals surface area contributed by atoms with Crippen LogP contribution in [0.1, 0.15) is 45.4 Å². The summed E-state index contributed by atoms with van der Waals surface area (Å²) in [7, 11) is 0. The summed E-state index contributed by atoms with van der Waals surface area (Å²) in [6, 6.07) is 13.7. The number of hydrogen-bond acceptors (Lipinski definition) is 6. The van der Waals surface area contributed by atoms with Crippen molar-refractivity contribution >= 4 is 17.7 Å². The molecule has 1 aliphatic heterocycles. The Morgan fingerprint density at radius 1 is 1.07 bits per heavy atom. The van der Waals surface area contributed by atoms with Gasteiger partial charge in [0.1, 0.15) is 0 Å². The molecule has 0 fully saturated rings. The molecule has 1 aliphatic rings. The van der Waals surface area contributed by atoms with Gasteiger partial charge in [-0.15, -0.1) is 0 Å². The van der Waals surface area contributed by atoms with E-state index in [1.165, 1.54) is 0 Å². The maximum absolute atomic E-state index is 12.5. The summed E-state index contributed by atoms with van der Waals surface area (Å²) >= 11 is 0. The van der Waals surface area contributed by atoms with Crippen molar-refractivity contribution in [3.05, 3.63) is 71.0 Å². The van der Waals surface area contributed by atoms with Crippen molar-refractivity contribution in [2.75, 3.05) is 0 Å². The number of rotatable bonds is 6. The number of fused-ring (bicyclic) bond motifs is 1. The Kier molecular flexibility index (Phi) is 5.14. The number of aromatic nitrogens is 2. The van der Waals surface area contributed by atoms with Crippen molar-refractivity contribution in [1.82, 2.24) is 20.4 Å². The van der Waals surface area contributed by atoms with Gasteiger partial charge in [0.2, 0.25) is 5.91 Å². The number of carbonyl (C=O) groups is 3. The van der Waals surface area contributed by atoms with Crippen molar-refractivity contribution in [3.63, 3.8) is 0 Å². The minimum atomic E-state index is -0.578. The zero-order valence-corrected chi connectivity index (χ0v) is 16.6. The standard InChI is InChI=1S/C22H20N4O4/c1-13-7-9-15(10-8-13)20-24-18(25-30-20)12-23-19(27)11-14(2)26-21(28)16-5-3-4-6-17(16)22(26)29/h3-10,14H,11-12H2,1-2H3,(H,23,27)/t14-/m0/s1. The van der Waals surface area contributed by atoms with E-state index in [4.69, 9.17) is 4.52 Å². The first-order valence-electron chi connectivity index (χ1n) is 9.57. The first kappa shape index (κ1) is 19.5. The molecule has 1 N–H and O–H groups in total. The molecule has 0 bridgehead atoms. The second kappa shape index (κ2) is 7.90. The van der Waals surface area contributed by atoms with Gasteiger partial charge >= 0.3 is 0 Å². The molecule has 0 radical (unpaired) electrons. The lowest BCUT2D eigenvalue weighted by Crippen LogP contribution is -2.41. The van der Waals surface area contributed by atoms with Gasteiger partial charge in [0.25, 0.3) is 17.7 Å². The molecule has 3 amide bonds. The second-order valence-electron chi connectivity index (χ2n) is 7.24. The molecular formula is C22H20N4O4. The van der Waals surface area contributed by atoms with Crippen LogP contribution in [0.25, 0.3) is 11.5 Å². The quantitative estimate of drug-likeness (QED) is 0.634. The maximum Gasteiger partial charge on any atom is 0.261 e. The third-order valence-electron chi connectivity index (χ3n) is 4.96. The molecule has 152 valence electrons. The average Bonchev–Trinajstić information content (AvgIpc) is 3.31. The van der Waals surface area contributed by atoms with Crippen molar-refractivity contribution in [3.8, 4) is 11.5 Å². The van der Waals surface area contributed by atoms with Crippen LogP contribution in [-0.2, 0) is 11.3 Å². The normalized spacial score (nSPS) is 14.0. The van der Waals surface area contributed by atoms with Crippen molar-refractivity contribution in [1.29, 1.82) is 0 Å².